The molecule has 1 aliphatic heterocycles. The van der Waals surface area contributed by atoms with Gasteiger partial charge < -0.3 is 10.0 Å². The van der Waals surface area contributed by atoms with Gasteiger partial charge in [0.2, 0.25) is 11.6 Å². The van der Waals surface area contributed by atoms with Crippen molar-refractivity contribution in [2.75, 3.05) is 6.54 Å². The number of fused-ring (bicyclic) bond motifs is 6. The number of hydrogen-bond donors (Lipinski definition) is 1. The van der Waals surface area contributed by atoms with Crippen molar-refractivity contribution in [3.8, 4) is 0 Å². The number of hydrogen-bond acceptors (Lipinski definition) is 2. The zero-order valence-corrected chi connectivity index (χ0v) is 23.0. The molecule has 9 heteroatoms. The Labute approximate surface area is 235 Å². The third-order valence-electron chi connectivity index (χ3n) is 11.1. The standard InChI is InChI=1S/C32H34F5NO3/c1-28(34,32(35,36)37)22-5-8-24-21(18-22)4-9-25-31(24,19-20-2-6-23(33)7-3-20)16-17-38(25)26(39)29-10-13-30(14-11-29,15-12-29)27(40)41/h2-3,5-8,18,25H,4,9-17,19H2,1H3,(H,40,41)/t25-,28?,29?,30?,31-/m0/s1. The highest BCUT2D eigenvalue weighted by Crippen LogP contribution is 2.59. The fourth-order valence-electron chi connectivity index (χ4n) is 8.36. The van der Waals surface area contributed by atoms with Crippen LogP contribution < -0.4 is 0 Å². The Kier molecular flexibility index (Phi) is 6.36. The maximum atomic E-state index is 14.9. The molecule has 0 aromatic heterocycles. The number of aliphatic carboxylic acids is 1. The number of carbonyl (C=O) groups is 2. The summed E-state index contributed by atoms with van der Waals surface area (Å²) >= 11 is 0. The van der Waals surface area contributed by atoms with E-state index in [0.29, 0.717) is 83.2 Å². The first-order chi connectivity index (χ1) is 19.2. The summed E-state index contributed by atoms with van der Waals surface area (Å²) in [6.45, 7) is 1.01. The first-order valence-corrected chi connectivity index (χ1v) is 14.4. The van der Waals surface area contributed by atoms with Crippen LogP contribution in [0, 0.1) is 16.6 Å². The van der Waals surface area contributed by atoms with Crippen LogP contribution in [0.4, 0.5) is 22.0 Å². The van der Waals surface area contributed by atoms with Gasteiger partial charge in [0.05, 0.1) is 5.41 Å². The lowest BCUT2D eigenvalue weighted by Crippen LogP contribution is -2.56. The molecule has 1 unspecified atom stereocenters. The summed E-state index contributed by atoms with van der Waals surface area (Å²) in [5.41, 5.74) is -3.53. The Morgan fingerprint density at radius 1 is 0.927 bits per heavy atom. The van der Waals surface area contributed by atoms with E-state index in [2.05, 4.69) is 0 Å². The summed E-state index contributed by atoms with van der Waals surface area (Å²) in [7, 11) is 0. The van der Waals surface area contributed by atoms with Crippen LogP contribution in [0.1, 0.15) is 80.5 Å². The average Bonchev–Trinajstić information content (AvgIpc) is 3.33. The van der Waals surface area contributed by atoms with E-state index in [1.807, 2.05) is 4.90 Å². The molecule has 2 aromatic carbocycles. The van der Waals surface area contributed by atoms with Gasteiger partial charge >= 0.3 is 12.1 Å². The highest BCUT2D eigenvalue weighted by Gasteiger charge is 2.60. The van der Waals surface area contributed by atoms with Crippen LogP contribution in [0.15, 0.2) is 42.5 Å². The molecule has 2 aromatic rings. The van der Waals surface area contributed by atoms with Crippen LogP contribution in [0.5, 0.6) is 0 Å². The second-order valence-electron chi connectivity index (χ2n) is 13.0. The largest absolute Gasteiger partial charge is 0.481 e. The summed E-state index contributed by atoms with van der Waals surface area (Å²) in [4.78, 5) is 28.2. The number of halogens is 5. The number of amides is 1. The van der Waals surface area contributed by atoms with Crippen molar-refractivity contribution >= 4 is 11.9 Å². The molecule has 0 radical (unpaired) electrons. The fourth-order valence-corrected chi connectivity index (χ4v) is 8.36. The quantitative estimate of drug-likeness (QED) is 0.390. The molecule has 0 spiro atoms. The van der Waals surface area contributed by atoms with E-state index < -0.39 is 39.6 Å². The maximum absolute atomic E-state index is 14.9. The van der Waals surface area contributed by atoms with E-state index in [9.17, 15) is 36.6 Å². The summed E-state index contributed by atoms with van der Waals surface area (Å²) < 4.78 is 69.3. The van der Waals surface area contributed by atoms with Crippen molar-refractivity contribution in [1.29, 1.82) is 0 Å². The van der Waals surface area contributed by atoms with Gasteiger partial charge in [-0.15, -0.1) is 0 Å². The van der Waals surface area contributed by atoms with Gasteiger partial charge in [0.1, 0.15) is 5.82 Å². The molecule has 220 valence electrons. The van der Waals surface area contributed by atoms with Gasteiger partial charge in [-0.05, 0) is 106 Å². The number of carboxylic acid groups (broad SMARTS) is 1. The van der Waals surface area contributed by atoms with Crippen LogP contribution in [-0.2, 0) is 33.5 Å². The predicted molar refractivity (Wildman–Crippen MR) is 141 cm³/mol. The highest BCUT2D eigenvalue weighted by molar-refractivity contribution is 5.86. The molecule has 7 rings (SSSR count). The number of rotatable bonds is 5. The molecule has 41 heavy (non-hydrogen) atoms. The fraction of sp³-hybridized carbons (Fsp3) is 0.562. The van der Waals surface area contributed by atoms with Crippen molar-refractivity contribution in [2.24, 2.45) is 10.8 Å². The third kappa shape index (κ3) is 4.20. The van der Waals surface area contributed by atoms with Crippen LogP contribution >= 0.6 is 0 Å². The van der Waals surface area contributed by atoms with Crippen molar-refractivity contribution in [3.05, 3.63) is 70.5 Å². The molecule has 1 heterocycles. The molecule has 1 amide bonds. The number of aryl methyl sites for hydroxylation is 1. The van der Waals surface area contributed by atoms with Crippen LogP contribution in [0.25, 0.3) is 0 Å². The van der Waals surface area contributed by atoms with Crippen molar-refractivity contribution in [1.82, 2.24) is 4.90 Å². The zero-order chi connectivity index (χ0) is 29.4. The third-order valence-corrected chi connectivity index (χ3v) is 11.1. The summed E-state index contributed by atoms with van der Waals surface area (Å²) in [6, 6.07) is 10.1. The second kappa shape index (κ2) is 9.27. The number of benzene rings is 2. The molecular weight excluding hydrogens is 541 g/mol. The normalized spacial score (nSPS) is 32.2. The SMILES string of the molecule is CC(F)(c1ccc2c(c1)CC[C@@H]1N(C(=O)C34CCC(C(=O)O)(CC3)CC4)CC[C@]21Cc1ccc(F)cc1)C(F)(F)F. The van der Waals surface area contributed by atoms with Crippen molar-refractivity contribution < 1.29 is 36.6 Å². The minimum absolute atomic E-state index is 0.0515. The molecule has 3 atom stereocenters. The maximum Gasteiger partial charge on any atom is 0.426 e. The summed E-state index contributed by atoms with van der Waals surface area (Å²) in [6.07, 6.45) is -0.00174. The average molecular weight is 576 g/mol. The number of carbonyl (C=O) groups excluding carboxylic acids is 1. The lowest BCUT2D eigenvalue weighted by Gasteiger charge is -2.52. The predicted octanol–water partition coefficient (Wildman–Crippen LogP) is 7.03. The molecule has 1 N–H and O–H groups in total. The van der Waals surface area contributed by atoms with Gasteiger partial charge in [0, 0.05) is 23.4 Å². The number of carboxylic acids is 1. The van der Waals surface area contributed by atoms with Gasteiger partial charge in [-0.3, -0.25) is 9.59 Å². The molecular formula is C32H34F5NO3. The topological polar surface area (TPSA) is 57.6 Å². The minimum atomic E-state index is -5.06. The first kappa shape index (κ1) is 28.2. The Balaban J connectivity index is 1.37. The number of likely N-dealkylation sites (tertiary alicyclic amines) is 1. The lowest BCUT2D eigenvalue weighted by molar-refractivity contribution is -0.228. The van der Waals surface area contributed by atoms with E-state index in [4.69, 9.17) is 0 Å². The van der Waals surface area contributed by atoms with E-state index in [0.717, 1.165) is 11.1 Å². The molecule has 4 fully saturated rings. The zero-order valence-electron chi connectivity index (χ0n) is 23.0. The molecule has 1 saturated heterocycles. The van der Waals surface area contributed by atoms with Gasteiger partial charge in [-0.2, -0.15) is 13.2 Å². The van der Waals surface area contributed by atoms with Crippen molar-refractivity contribution in [3.63, 3.8) is 0 Å². The van der Waals surface area contributed by atoms with Gasteiger partial charge in [-0.1, -0.05) is 30.3 Å². The lowest BCUT2D eigenvalue weighted by atomic mass is 9.53. The Hall–Kier alpha value is -2.97. The van der Waals surface area contributed by atoms with E-state index in [1.165, 1.54) is 24.3 Å². The van der Waals surface area contributed by atoms with Gasteiger partial charge in [0.15, 0.2) is 0 Å². The van der Waals surface area contributed by atoms with E-state index in [-0.39, 0.29) is 17.8 Å². The first-order valence-electron chi connectivity index (χ1n) is 14.4. The minimum Gasteiger partial charge on any atom is -0.481 e. The molecule has 4 aliphatic carbocycles. The van der Waals surface area contributed by atoms with Crippen LogP contribution in [0.2, 0.25) is 0 Å². The Morgan fingerprint density at radius 2 is 1.54 bits per heavy atom. The number of alkyl halides is 4. The highest BCUT2D eigenvalue weighted by atomic mass is 19.4. The molecule has 3 saturated carbocycles. The van der Waals surface area contributed by atoms with E-state index >= 15 is 0 Å². The monoisotopic (exact) mass is 575 g/mol. The van der Waals surface area contributed by atoms with Crippen LogP contribution in [0.3, 0.4) is 0 Å². The Morgan fingerprint density at radius 3 is 2.12 bits per heavy atom. The smallest absolute Gasteiger partial charge is 0.426 e. The van der Waals surface area contributed by atoms with Crippen LogP contribution in [-0.4, -0.2) is 40.6 Å². The molecule has 5 aliphatic rings. The van der Waals surface area contributed by atoms with E-state index in [1.54, 1.807) is 18.2 Å². The van der Waals surface area contributed by atoms with Gasteiger partial charge in [-0.25, -0.2) is 8.78 Å². The second-order valence-corrected chi connectivity index (χ2v) is 13.0. The summed E-state index contributed by atoms with van der Waals surface area (Å²) in [5.74, 6) is -1.10. The molecule has 2 bridgehead atoms. The number of nitrogens with zero attached hydrogens (tertiary/aromatic N) is 1. The Bertz CT molecular complexity index is 1360. The molecule has 4 nitrogen and oxygen atoms in total. The summed E-state index contributed by atoms with van der Waals surface area (Å²) in [5, 5.41) is 9.80. The van der Waals surface area contributed by atoms with Gasteiger partial charge in [0.25, 0.3) is 0 Å². The van der Waals surface area contributed by atoms with Crippen molar-refractivity contribution in [2.45, 2.75) is 94.4 Å².